The summed E-state index contributed by atoms with van der Waals surface area (Å²) < 4.78 is 11.4. The van der Waals surface area contributed by atoms with Crippen LogP contribution < -0.4 is 11.1 Å². The van der Waals surface area contributed by atoms with Crippen molar-refractivity contribution in [3.63, 3.8) is 0 Å². The van der Waals surface area contributed by atoms with E-state index < -0.39 is 24.3 Å². The second-order valence-corrected chi connectivity index (χ2v) is 13.4. The van der Waals surface area contributed by atoms with Crippen LogP contribution in [0.15, 0.2) is 79.4 Å². The fourth-order valence-electron chi connectivity index (χ4n) is 7.23. The number of rotatable bonds is 11. The number of aromatic amines is 2. The largest absolute Gasteiger partial charge is 0.453 e. The van der Waals surface area contributed by atoms with Crippen LogP contribution in [0, 0.1) is 0 Å². The Morgan fingerprint density at radius 1 is 0.833 bits per heavy atom. The van der Waals surface area contributed by atoms with Gasteiger partial charge in [0, 0.05) is 25.5 Å². The van der Waals surface area contributed by atoms with Gasteiger partial charge in [-0.1, -0.05) is 48.5 Å². The lowest BCUT2D eigenvalue weighted by molar-refractivity contribution is -0.142. The number of H-pyrrole nitrogens is 2. The number of amides is 4. The number of hydrogen-bond donors (Lipinski definition) is 4. The predicted molar refractivity (Wildman–Crippen MR) is 196 cm³/mol. The monoisotopic (exact) mass is 734 g/mol. The molecule has 16 heteroatoms. The number of primary amides is 1. The number of hydrogen-bond acceptors (Lipinski definition) is 9. The highest BCUT2D eigenvalue weighted by Crippen LogP contribution is 2.34. The van der Waals surface area contributed by atoms with Crippen LogP contribution in [0.1, 0.15) is 56.3 Å². The van der Waals surface area contributed by atoms with E-state index in [0.29, 0.717) is 31.2 Å². The van der Waals surface area contributed by atoms with Gasteiger partial charge in [0.05, 0.1) is 49.5 Å². The minimum atomic E-state index is -1.11. The van der Waals surface area contributed by atoms with Gasteiger partial charge in [-0.05, 0) is 60.9 Å². The predicted octanol–water partition coefficient (Wildman–Crippen LogP) is 4.57. The summed E-state index contributed by atoms with van der Waals surface area (Å²) in [4.78, 5) is 69.4. The molecule has 2 saturated heterocycles. The van der Waals surface area contributed by atoms with Crippen LogP contribution in [0.2, 0.25) is 0 Å². The number of nitrogens with zero attached hydrogens (tertiary/aromatic N) is 6. The standard InChI is InChI=1S/C38H42N10O6/c1-23(43-38(52)53-2)35(49)47-18-3-6-30(47)33-40-20-28(44-33)26-12-8-24(9-13-26)25-10-14-27(15-11-25)29-21-41-34(45-29)31-7-4-19-48(31)36(50)32(54-37(39)51)22-46-17-5-16-42-46/h5,8-17,20-21,23,30-32H,3-4,6-7,18-19,22H2,1-2H3,(H2,39,51)(H,40,44)(H,41,45)(H,43,52)/t23-,30?,31-,32-/m0/s1. The molecule has 5 heterocycles. The van der Waals surface area contributed by atoms with E-state index in [-0.39, 0.29) is 30.4 Å². The number of carbonyl (C=O) groups excluding carboxylic acids is 4. The molecule has 0 radical (unpaired) electrons. The molecule has 5 aromatic rings. The van der Waals surface area contributed by atoms with E-state index in [2.05, 4.69) is 47.2 Å². The smallest absolute Gasteiger partial charge is 0.407 e. The number of imidazole rings is 2. The number of methoxy groups -OCH3 is 1. The number of likely N-dealkylation sites (tertiary alicyclic amines) is 2. The minimum Gasteiger partial charge on any atom is -0.453 e. The van der Waals surface area contributed by atoms with Crippen LogP contribution >= 0.6 is 0 Å². The molecule has 4 atom stereocenters. The highest BCUT2D eigenvalue weighted by atomic mass is 16.6. The molecule has 1 unspecified atom stereocenters. The summed E-state index contributed by atoms with van der Waals surface area (Å²) in [6, 6.07) is 16.8. The Hall–Kier alpha value is -6.45. The number of carbonyl (C=O) groups is 4. The SMILES string of the molecule is COC(=O)N[C@@H](C)C(=O)N1CCCC1c1ncc(-c2ccc(-c3ccc(-c4cnc([C@@H]5CCCN5C(=O)[C@H](Cn5cccn5)OC(N)=O)[nH]4)cc3)cc2)[nH]1. The zero-order chi connectivity index (χ0) is 37.8. The third kappa shape index (κ3) is 7.67. The van der Waals surface area contributed by atoms with E-state index in [9.17, 15) is 19.2 Å². The molecule has 54 heavy (non-hydrogen) atoms. The minimum absolute atomic E-state index is 0.0581. The number of alkyl carbamates (subject to hydrolysis) is 1. The van der Waals surface area contributed by atoms with E-state index in [1.54, 1.807) is 47.6 Å². The molecular weight excluding hydrogens is 692 g/mol. The number of ether oxygens (including phenoxy) is 2. The third-order valence-electron chi connectivity index (χ3n) is 9.96. The van der Waals surface area contributed by atoms with Crippen molar-refractivity contribution in [3.05, 3.63) is 91.0 Å². The molecule has 0 saturated carbocycles. The van der Waals surface area contributed by atoms with Crippen molar-refractivity contribution in [1.29, 1.82) is 0 Å². The van der Waals surface area contributed by atoms with E-state index in [1.165, 1.54) is 11.8 Å². The summed E-state index contributed by atoms with van der Waals surface area (Å²) in [6.07, 6.45) is 7.17. The first-order valence-electron chi connectivity index (χ1n) is 17.9. The molecule has 280 valence electrons. The summed E-state index contributed by atoms with van der Waals surface area (Å²) in [5, 5.41) is 6.68. The summed E-state index contributed by atoms with van der Waals surface area (Å²) in [5.74, 6) is 0.844. The molecule has 0 bridgehead atoms. The third-order valence-corrected chi connectivity index (χ3v) is 9.96. The molecule has 0 spiro atoms. The second-order valence-electron chi connectivity index (χ2n) is 13.4. The molecule has 2 aromatic carbocycles. The van der Waals surface area contributed by atoms with Gasteiger partial charge in [-0.15, -0.1) is 0 Å². The molecule has 2 aliphatic heterocycles. The highest BCUT2D eigenvalue weighted by molar-refractivity contribution is 5.86. The van der Waals surface area contributed by atoms with Crippen molar-refractivity contribution >= 4 is 24.0 Å². The maximum atomic E-state index is 13.6. The van der Waals surface area contributed by atoms with Crippen LogP contribution in [-0.2, 0) is 25.6 Å². The van der Waals surface area contributed by atoms with Gasteiger partial charge in [-0.3, -0.25) is 14.3 Å². The molecule has 5 N–H and O–H groups in total. The van der Waals surface area contributed by atoms with Crippen LogP contribution in [0.3, 0.4) is 0 Å². The number of nitrogens with two attached hydrogens (primary N) is 1. The van der Waals surface area contributed by atoms with Crippen LogP contribution in [0.5, 0.6) is 0 Å². The molecule has 2 fully saturated rings. The van der Waals surface area contributed by atoms with Gasteiger partial charge in [-0.2, -0.15) is 5.10 Å². The fraction of sp³-hybridized carbons (Fsp3) is 0.342. The Morgan fingerprint density at radius 3 is 1.83 bits per heavy atom. The maximum Gasteiger partial charge on any atom is 0.407 e. The van der Waals surface area contributed by atoms with Crippen molar-refractivity contribution < 1.29 is 28.7 Å². The zero-order valence-electron chi connectivity index (χ0n) is 30.0. The molecule has 0 aliphatic carbocycles. The van der Waals surface area contributed by atoms with Crippen LogP contribution in [-0.4, -0.2) is 95.9 Å². The van der Waals surface area contributed by atoms with Crippen LogP contribution in [0.4, 0.5) is 9.59 Å². The first-order chi connectivity index (χ1) is 26.2. The Kier molecular flexibility index (Phi) is 10.4. The van der Waals surface area contributed by atoms with Gasteiger partial charge in [0.1, 0.15) is 17.7 Å². The van der Waals surface area contributed by atoms with Crippen molar-refractivity contribution in [3.8, 4) is 33.6 Å². The number of benzene rings is 2. The number of aromatic nitrogens is 6. The lowest BCUT2D eigenvalue weighted by Gasteiger charge is -2.27. The Morgan fingerprint density at radius 2 is 1.35 bits per heavy atom. The van der Waals surface area contributed by atoms with Gasteiger partial charge in [-0.25, -0.2) is 19.6 Å². The van der Waals surface area contributed by atoms with Crippen molar-refractivity contribution in [2.75, 3.05) is 20.2 Å². The lowest BCUT2D eigenvalue weighted by atomic mass is 10.0. The first kappa shape index (κ1) is 35.9. The lowest BCUT2D eigenvalue weighted by Crippen LogP contribution is -2.46. The quantitative estimate of drug-likeness (QED) is 0.150. The zero-order valence-corrected chi connectivity index (χ0v) is 30.0. The normalized spacial score (nSPS) is 18.0. The van der Waals surface area contributed by atoms with E-state index in [0.717, 1.165) is 52.9 Å². The Labute approximate surface area is 311 Å². The highest BCUT2D eigenvalue weighted by Gasteiger charge is 2.38. The molecule has 4 amide bonds. The molecule has 3 aromatic heterocycles. The summed E-state index contributed by atoms with van der Waals surface area (Å²) in [7, 11) is 1.27. The van der Waals surface area contributed by atoms with Gasteiger partial charge in [0.25, 0.3) is 5.91 Å². The molecule has 7 rings (SSSR count). The van der Waals surface area contributed by atoms with Crippen molar-refractivity contribution in [1.82, 2.24) is 44.8 Å². The first-order valence-corrected chi connectivity index (χ1v) is 17.9. The molecule has 2 aliphatic rings. The van der Waals surface area contributed by atoms with Gasteiger partial charge < -0.3 is 40.3 Å². The van der Waals surface area contributed by atoms with Crippen LogP contribution in [0.25, 0.3) is 33.6 Å². The fourth-order valence-corrected chi connectivity index (χ4v) is 7.23. The van der Waals surface area contributed by atoms with E-state index in [1.807, 2.05) is 36.4 Å². The van der Waals surface area contributed by atoms with E-state index in [4.69, 9.17) is 10.5 Å². The van der Waals surface area contributed by atoms with Gasteiger partial charge >= 0.3 is 12.2 Å². The van der Waals surface area contributed by atoms with E-state index >= 15 is 0 Å². The maximum absolute atomic E-state index is 13.6. The van der Waals surface area contributed by atoms with Crippen molar-refractivity contribution in [2.45, 2.75) is 63.4 Å². The average Bonchev–Trinajstić information content (AvgIpc) is 4.03. The average molecular weight is 735 g/mol. The molecular formula is C38H42N10O6. The summed E-state index contributed by atoms with van der Waals surface area (Å²) in [5.41, 5.74) is 10.9. The van der Waals surface area contributed by atoms with Gasteiger partial charge in [0.15, 0.2) is 0 Å². The topological polar surface area (TPSA) is 206 Å². The Balaban J connectivity index is 0.994. The summed E-state index contributed by atoms with van der Waals surface area (Å²) in [6.45, 7) is 2.80. The summed E-state index contributed by atoms with van der Waals surface area (Å²) >= 11 is 0. The number of nitrogens with one attached hydrogen (secondary N) is 3. The van der Waals surface area contributed by atoms with Gasteiger partial charge in [0.2, 0.25) is 12.0 Å². The Bertz CT molecular complexity index is 2090. The molecule has 16 nitrogen and oxygen atoms in total. The van der Waals surface area contributed by atoms with Crippen molar-refractivity contribution in [2.24, 2.45) is 5.73 Å². The second kappa shape index (κ2) is 15.7.